The van der Waals surface area contributed by atoms with Crippen molar-refractivity contribution in [2.75, 3.05) is 45.3 Å². The Hall–Kier alpha value is -3.40. The van der Waals surface area contributed by atoms with Crippen molar-refractivity contribution in [1.82, 2.24) is 19.3 Å². The lowest BCUT2D eigenvalue weighted by molar-refractivity contribution is 0.0730. The Balaban J connectivity index is 1.64. The van der Waals surface area contributed by atoms with Gasteiger partial charge in [0.2, 0.25) is 10.0 Å². The zero-order valence-electron chi connectivity index (χ0n) is 19.0. The number of sulfonamides is 1. The van der Waals surface area contributed by atoms with Gasteiger partial charge in [0.15, 0.2) is 0 Å². The van der Waals surface area contributed by atoms with Crippen molar-refractivity contribution in [3.05, 3.63) is 67.3 Å². The first-order valence-electron chi connectivity index (χ1n) is 11.0. The van der Waals surface area contributed by atoms with Crippen LogP contribution in [0.2, 0.25) is 0 Å². The highest BCUT2D eigenvalue weighted by atomic mass is 32.2. The molecule has 9 heteroatoms. The van der Waals surface area contributed by atoms with Gasteiger partial charge in [0.25, 0.3) is 0 Å². The number of nitrogens with zero attached hydrogens (tertiary/aromatic N) is 5. The lowest BCUT2D eigenvalue weighted by Gasteiger charge is -2.27. The van der Waals surface area contributed by atoms with Crippen molar-refractivity contribution in [1.29, 1.82) is 0 Å². The third-order valence-corrected chi connectivity index (χ3v) is 7.81. The molecule has 1 aliphatic heterocycles. The first-order chi connectivity index (χ1) is 16.4. The molecule has 1 aromatic carbocycles. The fourth-order valence-electron chi connectivity index (χ4n) is 4.16. The minimum atomic E-state index is -3.73. The van der Waals surface area contributed by atoms with E-state index in [0.717, 1.165) is 33.2 Å². The monoisotopic (exact) mass is 475 g/mol. The van der Waals surface area contributed by atoms with E-state index >= 15 is 0 Å². The third kappa shape index (κ3) is 4.13. The van der Waals surface area contributed by atoms with Crippen molar-refractivity contribution >= 4 is 26.7 Å². The van der Waals surface area contributed by atoms with Gasteiger partial charge in [-0.25, -0.2) is 13.4 Å². The minimum absolute atomic E-state index is 0.192. The van der Waals surface area contributed by atoms with Gasteiger partial charge in [-0.3, -0.25) is 9.97 Å². The normalized spacial score (nSPS) is 14.9. The predicted molar refractivity (Wildman–Crippen MR) is 132 cm³/mol. The molecule has 0 spiro atoms. The van der Waals surface area contributed by atoms with E-state index < -0.39 is 10.0 Å². The highest BCUT2D eigenvalue weighted by molar-refractivity contribution is 7.89. The summed E-state index contributed by atoms with van der Waals surface area (Å²) in [4.78, 5) is 15.1. The molecule has 0 saturated carbocycles. The number of morpholine rings is 1. The Bertz CT molecular complexity index is 1440. The molecule has 0 aliphatic carbocycles. The van der Waals surface area contributed by atoms with Gasteiger partial charge in [-0.2, -0.15) is 4.31 Å². The smallest absolute Gasteiger partial charge is 0.246 e. The summed E-state index contributed by atoms with van der Waals surface area (Å²) >= 11 is 0. The second-order valence-electron chi connectivity index (χ2n) is 8.28. The maximum atomic E-state index is 13.5. The molecule has 0 N–H and O–H groups in total. The van der Waals surface area contributed by atoms with Crippen LogP contribution < -0.4 is 4.90 Å². The summed E-state index contributed by atoms with van der Waals surface area (Å²) < 4.78 is 33.9. The maximum Gasteiger partial charge on any atom is 0.246 e. The van der Waals surface area contributed by atoms with E-state index in [1.807, 2.05) is 36.4 Å². The van der Waals surface area contributed by atoms with E-state index in [9.17, 15) is 8.42 Å². The standard InChI is InChI=1S/C25H25N5O3S/c1-29(2)25-24(34(31,32)30-11-13-33-14-12-30)16-20(17-28-25)19-3-4-23-22(15-19)21(7-10-27-23)18-5-8-26-9-6-18/h3-10,15-17H,11-14H2,1-2H3. The van der Waals surface area contributed by atoms with Crippen molar-refractivity contribution in [3.8, 4) is 22.3 Å². The molecule has 0 radical (unpaired) electrons. The molecule has 4 aromatic rings. The maximum absolute atomic E-state index is 13.5. The summed E-state index contributed by atoms with van der Waals surface area (Å²) in [6.07, 6.45) is 7.03. The van der Waals surface area contributed by atoms with E-state index in [2.05, 4.69) is 15.0 Å². The predicted octanol–water partition coefficient (Wildman–Crippen LogP) is 3.45. The minimum Gasteiger partial charge on any atom is -0.379 e. The number of anilines is 1. The SMILES string of the molecule is CN(C)c1ncc(-c2ccc3nccc(-c4ccncc4)c3c2)cc1S(=O)(=O)N1CCOCC1. The van der Waals surface area contributed by atoms with Crippen LogP contribution in [0.25, 0.3) is 33.2 Å². The van der Waals surface area contributed by atoms with Crippen LogP contribution in [0, 0.1) is 0 Å². The molecule has 0 unspecified atom stereocenters. The molecule has 5 rings (SSSR count). The Morgan fingerprint density at radius 2 is 1.65 bits per heavy atom. The molecule has 1 fully saturated rings. The molecular formula is C25H25N5O3S. The summed E-state index contributed by atoms with van der Waals surface area (Å²) in [7, 11) is -0.143. The molecular weight excluding hydrogens is 450 g/mol. The quantitative estimate of drug-likeness (QED) is 0.437. The fourth-order valence-corrected chi connectivity index (χ4v) is 5.81. The Kier molecular flexibility index (Phi) is 5.99. The van der Waals surface area contributed by atoms with E-state index in [1.165, 1.54) is 4.31 Å². The van der Waals surface area contributed by atoms with Crippen LogP contribution in [0.4, 0.5) is 5.82 Å². The Morgan fingerprint density at radius 1 is 0.882 bits per heavy atom. The van der Waals surface area contributed by atoms with Crippen molar-refractivity contribution < 1.29 is 13.2 Å². The average molecular weight is 476 g/mol. The summed E-state index contributed by atoms with van der Waals surface area (Å²) in [5.41, 5.74) is 4.53. The number of rotatable bonds is 5. The van der Waals surface area contributed by atoms with Crippen LogP contribution in [-0.2, 0) is 14.8 Å². The molecule has 0 amide bonds. The molecule has 4 heterocycles. The van der Waals surface area contributed by atoms with Gasteiger partial charge < -0.3 is 9.64 Å². The lowest BCUT2D eigenvalue weighted by atomic mass is 9.98. The summed E-state index contributed by atoms with van der Waals surface area (Å²) in [5, 5.41) is 0.973. The first kappa shape index (κ1) is 22.4. The number of hydrogen-bond acceptors (Lipinski definition) is 7. The largest absolute Gasteiger partial charge is 0.379 e. The molecule has 1 aliphatic rings. The van der Waals surface area contributed by atoms with Crippen LogP contribution in [-0.4, -0.2) is 68.1 Å². The van der Waals surface area contributed by atoms with Crippen molar-refractivity contribution in [2.45, 2.75) is 4.90 Å². The number of ether oxygens (including phenoxy) is 1. The molecule has 34 heavy (non-hydrogen) atoms. The van der Waals surface area contributed by atoms with E-state index in [4.69, 9.17) is 4.74 Å². The van der Waals surface area contributed by atoms with Gasteiger partial charge in [0, 0.05) is 62.9 Å². The number of aromatic nitrogens is 3. The van der Waals surface area contributed by atoms with Gasteiger partial charge in [0.1, 0.15) is 10.7 Å². The highest BCUT2D eigenvalue weighted by Crippen LogP contribution is 2.34. The van der Waals surface area contributed by atoms with Crippen LogP contribution in [0.1, 0.15) is 0 Å². The van der Waals surface area contributed by atoms with Crippen molar-refractivity contribution in [3.63, 3.8) is 0 Å². The second kappa shape index (κ2) is 9.09. The lowest BCUT2D eigenvalue weighted by Crippen LogP contribution is -2.41. The average Bonchev–Trinajstić information content (AvgIpc) is 2.88. The van der Waals surface area contributed by atoms with Crippen LogP contribution in [0.15, 0.2) is 72.1 Å². The molecule has 174 valence electrons. The third-order valence-electron chi connectivity index (χ3n) is 5.91. The highest BCUT2D eigenvalue weighted by Gasteiger charge is 2.30. The topological polar surface area (TPSA) is 88.5 Å². The molecule has 3 aromatic heterocycles. The molecule has 0 atom stereocenters. The van der Waals surface area contributed by atoms with E-state index in [1.54, 1.807) is 49.8 Å². The van der Waals surface area contributed by atoms with Crippen molar-refractivity contribution in [2.24, 2.45) is 0 Å². The Morgan fingerprint density at radius 3 is 2.38 bits per heavy atom. The second-order valence-corrected chi connectivity index (χ2v) is 10.2. The fraction of sp³-hybridized carbons (Fsp3) is 0.240. The van der Waals surface area contributed by atoms with Gasteiger partial charge in [-0.15, -0.1) is 0 Å². The van der Waals surface area contributed by atoms with Crippen LogP contribution >= 0.6 is 0 Å². The van der Waals surface area contributed by atoms with Gasteiger partial charge in [-0.1, -0.05) is 6.07 Å². The summed E-state index contributed by atoms with van der Waals surface area (Å²) in [5.74, 6) is 0.412. The number of pyridine rings is 3. The molecule has 8 nitrogen and oxygen atoms in total. The molecule has 0 bridgehead atoms. The van der Waals surface area contributed by atoms with Gasteiger partial charge in [0.05, 0.1) is 18.7 Å². The van der Waals surface area contributed by atoms with Crippen LogP contribution in [0.5, 0.6) is 0 Å². The summed E-state index contributed by atoms with van der Waals surface area (Å²) in [6, 6.07) is 13.5. The van der Waals surface area contributed by atoms with E-state index in [-0.39, 0.29) is 4.90 Å². The Labute approximate surface area is 198 Å². The first-order valence-corrected chi connectivity index (χ1v) is 12.4. The van der Waals surface area contributed by atoms with Gasteiger partial charge >= 0.3 is 0 Å². The van der Waals surface area contributed by atoms with Gasteiger partial charge in [-0.05, 0) is 53.1 Å². The zero-order valence-corrected chi connectivity index (χ0v) is 19.9. The van der Waals surface area contributed by atoms with E-state index in [0.29, 0.717) is 32.1 Å². The number of hydrogen-bond donors (Lipinski definition) is 0. The number of benzene rings is 1. The molecule has 1 saturated heterocycles. The summed E-state index contributed by atoms with van der Waals surface area (Å²) in [6.45, 7) is 1.44. The zero-order chi connectivity index (χ0) is 23.7. The van der Waals surface area contributed by atoms with Crippen LogP contribution in [0.3, 0.4) is 0 Å². The number of fused-ring (bicyclic) bond motifs is 1.